The molecule has 116 valence electrons. The molecule has 21 heavy (non-hydrogen) atoms. The predicted octanol–water partition coefficient (Wildman–Crippen LogP) is 2.59. The Kier molecular flexibility index (Phi) is 5.23. The minimum absolute atomic E-state index is 0.0936. The lowest BCUT2D eigenvalue weighted by atomic mass is 9.93. The molecule has 1 aromatic carbocycles. The van der Waals surface area contributed by atoms with Crippen LogP contribution in [0.3, 0.4) is 0 Å². The van der Waals surface area contributed by atoms with E-state index < -0.39 is 0 Å². The Morgan fingerprint density at radius 2 is 2.00 bits per heavy atom. The van der Waals surface area contributed by atoms with Crippen molar-refractivity contribution in [1.82, 2.24) is 4.90 Å². The first-order valence-corrected chi connectivity index (χ1v) is 7.68. The lowest BCUT2D eigenvalue weighted by molar-refractivity contribution is -0.127. The van der Waals surface area contributed by atoms with E-state index in [1.165, 1.54) is 0 Å². The molecule has 4 nitrogen and oxygen atoms in total. The molecule has 0 aromatic heterocycles. The van der Waals surface area contributed by atoms with Crippen molar-refractivity contribution in [2.45, 2.75) is 32.7 Å². The number of rotatable bonds is 6. The number of ether oxygens (including phenoxy) is 1. The van der Waals surface area contributed by atoms with Crippen molar-refractivity contribution in [3.8, 4) is 5.75 Å². The smallest absolute Gasteiger partial charge is 0.222 e. The van der Waals surface area contributed by atoms with Crippen LogP contribution < -0.4 is 10.5 Å². The molecule has 1 amide bonds. The van der Waals surface area contributed by atoms with Crippen molar-refractivity contribution in [3.63, 3.8) is 0 Å². The average Bonchev–Trinajstić information content (AvgIpc) is 2.85. The van der Waals surface area contributed by atoms with Crippen molar-refractivity contribution in [3.05, 3.63) is 29.8 Å². The molecule has 1 aromatic rings. The summed E-state index contributed by atoms with van der Waals surface area (Å²) in [4.78, 5) is 14.1. The van der Waals surface area contributed by atoms with Crippen LogP contribution in [-0.2, 0) is 4.79 Å². The van der Waals surface area contributed by atoms with Crippen molar-refractivity contribution in [2.75, 3.05) is 20.2 Å². The highest BCUT2D eigenvalue weighted by Gasteiger charge is 2.33. The van der Waals surface area contributed by atoms with Crippen LogP contribution in [0.4, 0.5) is 0 Å². The van der Waals surface area contributed by atoms with Gasteiger partial charge in [0.1, 0.15) is 5.75 Å². The molecule has 1 aliphatic rings. The molecule has 4 heteroatoms. The van der Waals surface area contributed by atoms with E-state index in [1.54, 1.807) is 7.11 Å². The highest BCUT2D eigenvalue weighted by atomic mass is 16.5. The van der Waals surface area contributed by atoms with Crippen LogP contribution in [0, 0.1) is 11.8 Å². The van der Waals surface area contributed by atoms with Crippen molar-refractivity contribution < 1.29 is 9.53 Å². The Balaban J connectivity index is 1.96. The van der Waals surface area contributed by atoms with Gasteiger partial charge in [-0.3, -0.25) is 4.79 Å². The summed E-state index contributed by atoms with van der Waals surface area (Å²) in [5.74, 6) is 1.89. The zero-order chi connectivity index (χ0) is 15.4. The molecular weight excluding hydrogens is 264 g/mol. The number of nitrogens with two attached hydrogens (primary N) is 1. The minimum atomic E-state index is -0.0936. The molecule has 1 fully saturated rings. The number of methoxy groups -OCH3 is 1. The number of benzene rings is 1. The minimum Gasteiger partial charge on any atom is -0.497 e. The van der Waals surface area contributed by atoms with Crippen LogP contribution in [0.25, 0.3) is 0 Å². The zero-order valence-corrected chi connectivity index (χ0v) is 13.2. The Hall–Kier alpha value is -1.55. The second-order valence-corrected chi connectivity index (χ2v) is 6.29. The van der Waals surface area contributed by atoms with Crippen molar-refractivity contribution in [1.29, 1.82) is 0 Å². The van der Waals surface area contributed by atoms with E-state index in [-0.39, 0.29) is 17.9 Å². The fourth-order valence-corrected chi connectivity index (χ4v) is 2.77. The molecule has 2 N–H and O–H groups in total. The number of nitrogens with zero attached hydrogens (tertiary/aromatic N) is 1. The molecule has 0 aliphatic carbocycles. The van der Waals surface area contributed by atoms with Gasteiger partial charge in [-0.1, -0.05) is 26.0 Å². The number of amides is 1. The SMILES string of the molecule is COc1ccc(C(N)C2CC(=O)N(CCC(C)C)C2)cc1. The molecule has 1 heterocycles. The summed E-state index contributed by atoms with van der Waals surface area (Å²) in [6.45, 7) is 5.99. The van der Waals surface area contributed by atoms with E-state index in [9.17, 15) is 4.79 Å². The summed E-state index contributed by atoms with van der Waals surface area (Å²) in [5, 5.41) is 0. The fourth-order valence-electron chi connectivity index (χ4n) is 2.77. The molecule has 1 saturated heterocycles. The average molecular weight is 290 g/mol. The summed E-state index contributed by atoms with van der Waals surface area (Å²) in [6, 6.07) is 7.73. The third-order valence-electron chi connectivity index (χ3n) is 4.23. The number of carbonyl (C=O) groups is 1. The molecule has 0 spiro atoms. The van der Waals surface area contributed by atoms with Gasteiger partial charge in [0, 0.05) is 31.5 Å². The van der Waals surface area contributed by atoms with Gasteiger partial charge in [-0.15, -0.1) is 0 Å². The second kappa shape index (κ2) is 6.94. The van der Waals surface area contributed by atoms with Crippen LogP contribution in [0.1, 0.15) is 38.3 Å². The van der Waals surface area contributed by atoms with E-state index in [1.807, 2.05) is 29.2 Å². The van der Waals surface area contributed by atoms with Gasteiger partial charge in [-0.25, -0.2) is 0 Å². The summed E-state index contributed by atoms with van der Waals surface area (Å²) in [5.41, 5.74) is 7.42. The zero-order valence-electron chi connectivity index (χ0n) is 13.2. The largest absolute Gasteiger partial charge is 0.497 e. The molecule has 0 radical (unpaired) electrons. The molecule has 0 bridgehead atoms. The number of likely N-dealkylation sites (tertiary alicyclic amines) is 1. The summed E-state index contributed by atoms with van der Waals surface area (Å²) < 4.78 is 5.16. The normalized spacial score (nSPS) is 20.1. The van der Waals surface area contributed by atoms with Crippen LogP contribution >= 0.6 is 0 Å². The molecular formula is C17H26N2O2. The Bertz CT molecular complexity index is 470. The maximum atomic E-state index is 12.1. The molecule has 2 atom stereocenters. The lowest BCUT2D eigenvalue weighted by Crippen LogP contribution is -2.29. The first-order valence-electron chi connectivity index (χ1n) is 7.68. The maximum Gasteiger partial charge on any atom is 0.222 e. The molecule has 2 unspecified atom stereocenters. The van der Waals surface area contributed by atoms with Crippen molar-refractivity contribution >= 4 is 5.91 Å². The predicted molar refractivity (Wildman–Crippen MR) is 84.1 cm³/mol. The standard InChI is InChI=1S/C17H26N2O2/c1-12(2)8-9-19-11-14(10-16(19)20)17(18)13-4-6-15(21-3)7-5-13/h4-7,12,14,17H,8-11,18H2,1-3H3. The van der Waals surface area contributed by atoms with Gasteiger partial charge < -0.3 is 15.4 Å². The Labute approximate surface area is 127 Å². The van der Waals surface area contributed by atoms with Gasteiger partial charge in [0.25, 0.3) is 0 Å². The van der Waals surface area contributed by atoms with Gasteiger partial charge >= 0.3 is 0 Å². The van der Waals surface area contributed by atoms with Crippen molar-refractivity contribution in [2.24, 2.45) is 17.6 Å². The van der Waals surface area contributed by atoms with E-state index in [4.69, 9.17) is 10.5 Å². The molecule has 0 saturated carbocycles. The summed E-state index contributed by atoms with van der Waals surface area (Å²) >= 11 is 0. The fraction of sp³-hybridized carbons (Fsp3) is 0.588. The second-order valence-electron chi connectivity index (χ2n) is 6.29. The molecule has 2 rings (SSSR count). The first kappa shape index (κ1) is 15.8. The Morgan fingerprint density at radius 3 is 2.57 bits per heavy atom. The number of hydrogen-bond donors (Lipinski definition) is 1. The third-order valence-corrected chi connectivity index (χ3v) is 4.23. The topological polar surface area (TPSA) is 55.6 Å². The van der Waals surface area contributed by atoms with Gasteiger partial charge in [0.15, 0.2) is 0 Å². The highest BCUT2D eigenvalue weighted by Crippen LogP contribution is 2.30. The van der Waals surface area contributed by atoms with Gasteiger partial charge in [0.05, 0.1) is 7.11 Å². The highest BCUT2D eigenvalue weighted by molar-refractivity contribution is 5.78. The lowest BCUT2D eigenvalue weighted by Gasteiger charge is -2.21. The maximum absolute atomic E-state index is 12.1. The quantitative estimate of drug-likeness (QED) is 0.876. The van der Waals surface area contributed by atoms with Crippen LogP contribution in [0.2, 0.25) is 0 Å². The van der Waals surface area contributed by atoms with E-state index in [0.29, 0.717) is 12.3 Å². The van der Waals surface area contributed by atoms with Crippen LogP contribution in [0.15, 0.2) is 24.3 Å². The van der Waals surface area contributed by atoms with Crippen LogP contribution in [0.5, 0.6) is 5.75 Å². The number of hydrogen-bond acceptors (Lipinski definition) is 3. The molecule has 1 aliphatic heterocycles. The first-order chi connectivity index (χ1) is 10.0. The Morgan fingerprint density at radius 1 is 1.33 bits per heavy atom. The summed E-state index contributed by atoms with van der Waals surface area (Å²) in [7, 11) is 1.65. The third kappa shape index (κ3) is 3.97. The number of carbonyl (C=O) groups excluding carboxylic acids is 1. The van der Waals surface area contributed by atoms with Crippen LogP contribution in [-0.4, -0.2) is 31.0 Å². The van der Waals surface area contributed by atoms with Gasteiger partial charge in [0.2, 0.25) is 5.91 Å². The van der Waals surface area contributed by atoms with Gasteiger partial charge in [-0.2, -0.15) is 0 Å². The summed E-state index contributed by atoms with van der Waals surface area (Å²) in [6.07, 6.45) is 1.61. The monoisotopic (exact) mass is 290 g/mol. The van der Waals surface area contributed by atoms with E-state index >= 15 is 0 Å². The van der Waals surface area contributed by atoms with E-state index in [0.717, 1.165) is 30.8 Å². The van der Waals surface area contributed by atoms with Gasteiger partial charge in [-0.05, 0) is 30.0 Å². The van der Waals surface area contributed by atoms with E-state index in [2.05, 4.69) is 13.8 Å².